The Balaban J connectivity index is 1.31. The molecule has 1 amide bonds. The van der Waals surface area contributed by atoms with E-state index in [0.29, 0.717) is 25.1 Å². The maximum atomic E-state index is 15.4. The number of halogens is 5. The van der Waals surface area contributed by atoms with Crippen LogP contribution in [0, 0.1) is 18.7 Å². The molecule has 238 valence electrons. The molecule has 8 nitrogen and oxygen atoms in total. The Morgan fingerprint density at radius 1 is 1.13 bits per heavy atom. The molecule has 7 rings (SSSR count). The lowest BCUT2D eigenvalue weighted by atomic mass is 9.84. The number of carboxylic acid groups (broad SMARTS) is 1. The summed E-state index contributed by atoms with van der Waals surface area (Å²) in [5.74, 6) is -3.87. The van der Waals surface area contributed by atoms with E-state index in [4.69, 9.17) is 11.6 Å². The van der Waals surface area contributed by atoms with Crippen molar-refractivity contribution in [3.05, 3.63) is 90.8 Å². The Kier molecular flexibility index (Phi) is 7.13. The lowest BCUT2D eigenvalue weighted by Gasteiger charge is -2.27. The Labute approximate surface area is 268 Å². The lowest BCUT2D eigenvalue weighted by molar-refractivity contribution is -0.160. The van der Waals surface area contributed by atoms with Gasteiger partial charge in [-0.25, -0.2) is 14.2 Å². The van der Waals surface area contributed by atoms with Crippen molar-refractivity contribution >= 4 is 40.7 Å². The van der Waals surface area contributed by atoms with Gasteiger partial charge in [-0.15, -0.1) is 11.3 Å². The van der Waals surface area contributed by atoms with Crippen molar-refractivity contribution in [2.45, 2.75) is 63.7 Å². The standard InChI is InChI=1S/C32H25ClF4N4O4S/c1-15-38-23-13-40(14-25(23)46-15)28(42)16-5-8-19-24(12-16)41(39-27(19)18-7-6-17(30(44)45)11-22(18)34)29(43)26-20(3-2-4-21(26)33)31(9-10-31)32(35,36)37/h2-4,6-7,11,16H,5,8-10,12-14H2,1H3,(H,44,45). The number of aromatic carboxylic acids is 1. The predicted octanol–water partition coefficient (Wildman–Crippen LogP) is 6.74. The van der Waals surface area contributed by atoms with E-state index >= 15 is 4.39 Å². The zero-order chi connectivity index (χ0) is 32.7. The summed E-state index contributed by atoms with van der Waals surface area (Å²) in [6.07, 6.45) is -4.41. The Morgan fingerprint density at radius 3 is 2.54 bits per heavy atom. The lowest BCUT2D eigenvalue weighted by Crippen LogP contribution is -2.36. The number of benzene rings is 2. The first-order valence-electron chi connectivity index (χ1n) is 14.6. The van der Waals surface area contributed by atoms with Gasteiger partial charge in [0.1, 0.15) is 5.82 Å². The van der Waals surface area contributed by atoms with E-state index in [-0.39, 0.29) is 70.3 Å². The van der Waals surface area contributed by atoms with Gasteiger partial charge >= 0.3 is 12.1 Å². The summed E-state index contributed by atoms with van der Waals surface area (Å²) in [6.45, 7) is 2.67. The molecule has 1 saturated carbocycles. The average molecular weight is 673 g/mol. The van der Waals surface area contributed by atoms with Gasteiger partial charge in [-0.3, -0.25) is 9.59 Å². The van der Waals surface area contributed by atoms with Crippen molar-refractivity contribution in [3.8, 4) is 11.3 Å². The summed E-state index contributed by atoms with van der Waals surface area (Å²) in [7, 11) is 0. The summed E-state index contributed by atoms with van der Waals surface area (Å²) < 4.78 is 59.1. The van der Waals surface area contributed by atoms with Crippen LogP contribution in [-0.2, 0) is 36.1 Å². The highest BCUT2D eigenvalue weighted by Crippen LogP contribution is 2.60. The fourth-order valence-corrected chi connectivity index (χ4v) is 7.92. The number of carbonyl (C=O) groups excluding carboxylic acids is 2. The van der Waals surface area contributed by atoms with E-state index in [9.17, 15) is 32.7 Å². The minimum atomic E-state index is -4.63. The summed E-state index contributed by atoms with van der Waals surface area (Å²) in [5, 5.41) is 14.5. The van der Waals surface area contributed by atoms with Crippen molar-refractivity contribution < 1.29 is 37.1 Å². The van der Waals surface area contributed by atoms with Gasteiger partial charge in [0.15, 0.2) is 0 Å². The Bertz CT molecular complexity index is 1940. The third-order valence-corrected chi connectivity index (χ3v) is 10.5. The monoisotopic (exact) mass is 672 g/mol. The third-order valence-electron chi connectivity index (χ3n) is 9.19. The second-order valence-electron chi connectivity index (χ2n) is 12.0. The number of hydrogen-bond donors (Lipinski definition) is 1. The van der Waals surface area contributed by atoms with Crippen LogP contribution < -0.4 is 0 Å². The van der Waals surface area contributed by atoms with E-state index in [1.54, 1.807) is 4.90 Å². The van der Waals surface area contributed by atoms with Crippen LogP contribution in [-0.4, -0.2) is 48.7 Å². The van der Waals surface area contributed by atoms with Gasteiger partial charge in [0.05, 0.1) is 56.7 Å². The Morgan fingerprint density at radius 2 is 1.89 bits per heavy atom. The molecule has 4 aromatic rings. The number of nitrogens with zero attached hydrogens (tertiary/aromatic N) is 4. The van der Waals surface area contributed by atoms with Crippen LogP contribution in [0.1, 0.15) is 72.4 Å². The molecule has 3 heterocycles. The van der Waals surface area contributed by atoms with E-state index in [2.05, 4.69) is 10.1 Å². The zero-order valence-corrected chi connectivity index (χ0v) is 25.8. The van der Waals surface area contributed by atoms with E-state index in [1.807, 2.05) is 6.92 Å². The molecule has 1 N–H and O–H groups in total. The molecule has 0 radical (unpaired) electrons. The largest absolute Gasteiger partial charge is 0.478 e. The summed E-state index contributed by atoms with van der Waals surface area (Å²) in [4.78, 5) is 46.6. The van der Waals surface area contributed by atoms with Crippen molar-refractivity contribution in [2.24, 2.45) is 5.92 Å². The zero-order valence-electron chi connectivity index (χ0n) is 24.3. The summed E-state index contributed by atoms with van der Waals surface area (Å²) in [6, 6.07) is 7.23. The molecule has 1 atom stereocenters. The molecule has 46 heavy (non-hydrogen) atoms. The van der Waals surface area contributed by atoms with Gasteiger partial charge in [-0.2, -0.15) is 23.0 Å². The molecule has 1 unspecified atom stereocenters. The first-order chi connectivity index (χ1) is 21.8. The number of carboxylic acids is 1. The molecular weight excluding hydrogens is 648 g/mol. The van der Waals surface area contributed by atoms with Crippen molar-refractivity contribution in [3.63, 3.8) is 0 Å². The minimum absolute atomic E-state index is 0.0303. The quantitative estimate of drug-likeness (QED) is 0.236. The van der Waals surface area contributed by atoms with Crippen molar-refractivity contribution in [1.29, 1.82) is 0 Å². The number of hydrogen-bond acceptors (Lipinski definition) is 6. The highest BCUT2D eigenvalue weighted by molar-refractivity contribution is 7.11. The molecule has 2 aliphatic carbocycles. The molecule has 2 aromatic heterocycles. The number of fused-ring (bicyclic) bond motifs is 2. The van der Waals surface area contributed by atoms with Gasteiger partial charge in [-0.1, -0.05) is 23.7 Å². The van der Waals surface area contributed by atoms with Crippen LogP contribution >= 0.6 is 22.9 Å². The van der Waals surface area contributed by atoms with Gasteiger partial charge in [0.2, 0.25) is 5.91 Å². The van der Waals surface area contributed by atoms with Gasteiger partial charge < -0.3 is 10.0 Å². The number of aryl methyl sites for hydroxylation is 1. The molecule has 0 bridgehead atoms. The van der Waals surface area contributed by atoms with Gasteiger partial charge in [0, 0.05) is 28.3 Å². The molecule has 0 spiro atoms. The number of thiazole rings is 1. The first-order valence-corrected chi connectivity index (χ1v) is 15.8. The molecule has 2 aromatic carbocycles. The molecule has 1 aliphatic heterocycles. The minimum Gasteiger partial charge on any atom is -0.478 e. The molecule has 0 saturated heterocycles. The highest BCUT2D eigenvalue weighted by Gasteiger charge is 2.65. The molecule has 14 heteroatoms. The number of amides is 1. The van der Waals surface area contributed by atoms with Crippen LogP contribution in [0.25, 0.3) is 11.3 Å². The number of aromatic nitrogens is 3. The van der Waals surface area contributed by atoms with Crippen LogP contribution in [0.5, 0.6) is 0 Å². The SMILES string of the molecule is Cc1nc2c(s1)CN(C(=O)C1CCc3c(-c4ccc(C(=O)O)cc4F)nn(C(=O)c4c(Cl)cccc4C4(C(F)(F)F)CC4)c3C1)C2. The van der Waals surface area contributed by atoms with Crippen LogP contribution in [0.2, 0.25) is 5.02 Å². The highest BCUT2D eigenvalue weighted by atomic mass is 35.5. The second kappa shape index (κ2) is 10.7. The topological polar surface area (TPSA) is 105 Å². The predicted molar refractivity (Wildman–Crippen MR) is 159 cm³/mol. The smallest absolute Gasteiger partial charge is 0.398 e. The van der Waals surface area contributed by atoms with Crippen LogP contribution in [0.4, 0.5) is 17.6 Å². The Hall–Kier alpha value is -4.10. The van der Waals surface area contributed by atoms with E-state index in [1.165, 1.54) is 41.7 Å². The summed E-state index contributed by atoms with van der Waals surface area (Å²) in [5.41, 5.74) is -1.56. The second-order valence-corrected chi connectivity index (χ2v) is 13.7. The maximum Gasteiger partial charge on any atom is 0.398 e. The third kappa shape index (κ3) is 4.82. The van der Waals surface area contributed by atoms with E-state index < -0.39 is 35.2 Å². The van der Waals surface area contributed by atoms with Gasteiger partial charge in [-0.05, 0) is 62.4 Å². The fraction of sp³-hybridized carbons (Fsp3) is 0.344. The van der Waals surface area contributed by atoms with Crippen molar-refractivity contribution in [2.75, 3.05) is 0 Å². The van der Waals surface area contributed by atoms with Crippen LogP contribution in [0.3, 0.4) is 0 Å². The molecule has 1 fully saturated rings. The number of carbonyl (C=O) groups is 3. The summed E-state index contributed by atoms with van der Waals surface area (Å²) >= 11 is 7.96. The van der Waals surface area contributed by atoms with Gasteiger partial charge in [0.25, 0.3) is 5.91 Å². The number of alkyl halides is 3. The molecular formula is C32H25ClF4N4O4S. The number of rotatable bonds is 5. The van der Waals surface area contributed by atoms with Crippen molar-refractivity contribution in [1.82, 2.24) is 19.7 Å². The average Bonchev–Trinajstić information content (AvgIpc) is 3.47. The van der Waals surface area contributed by atoms with E-state index in [0.717, 1.165) is 26.3 Å². The first kappa shape index (κ1) is 30.5. The maximum absolute atomic E-state index is 15.4. The normalized spacial score (nSPS) is 18.3. The van der Waals surface area contributed by atoms with Crippen LogP contribution in [0.15, 0.2) is 36.4 Å². The fourth-order valence-electron chi connectivity index (χ4n) is 6.71. The molecule has 3 aliphatic rings.